The van der Waals surface area contributed by atoms with E-state index in [2.05, 4.69) is 15.2 Å². The zero-order valence-electron chi connectivity index (χ0n) is 8.16. The minimum Gasteiger partial charge on any atom is -0.296 e. The number of aromatic amines is 2. The van der Waals surface area contributed by atoms with Crippen LogP contribution in [0.5, 0.6) is 0 Å². The lowest BCUT2D eigenvalue weighted by Crippen LogP contribution is -2.16. The molecule has 2 rings (SSSR count). The SMILES string of the molecule is O=c1[nH]c(=S)[nH]nc1Cc1ccc(F)cc1. The number of halogens is 1. The van der Waals surface area contributed by atoms with Gasteiger partial charge in [0.1, 0.15) is 11.5 Å². The molecule has 0 aliphatic rings. The molecule has 0 radical (unpaired) electrons. The summed E-state index contributed by atoms with van der Waals surface area (Å²) in [5.41, 5.74) is 0.804. The van der Waals surface area contributed by atoms with Crippen LogP contribution in [0.2, 0.25) is 0 Å². The quantitative estimate of drug-likeness (QED) is 0.779. The predicted octanol–water partition coefficient (Wildman–Crippen LogP) is 1.56. The maximum absolute atomic E-state index is 12.7. The lowest BCUT2D eigenvalue weighted by molar-refractivity contribution is 0.627. The Morgan fingerprint density at radius 2 is 2.00 bits per heavy atom. The standard InChI is InChI=1S/C10H8FN3OS/c11-7-3-1-6(2-4-7)5-8-9(15)12-10(16)14-13-8/h1-4H,5H2,(H2,12,14,15,16). The summed E-state index contributed by atoms with van der Waals surface area (Å²) in [5.74, 6) is -0.307. The van der Waals surface area contributed by atoms with Crippen molar-refractivity contribution >= 4 is 12.2 Å². The molecule has 16 heavy (non-hydrogen) atoms. The first kappa shape index (κ1) is 10.7. The predicted molar refractivity (Wildman–Crippen MR) is 59.2 cm³/mol. The van der Waals surface area contributed by atoms with E-state index in [-0.39, 0.29) is 16.1 Å². The van der Waals surface area contributed by atoms with Crippen LogP contribution in [-0.4, -0.2) is 15.2 Å². The summed E-state index contributed by atoms with van der Waals surface area (Å²) < 4.78 is 12.8. The molecule has 1 heterocycles. The number of hydrogen-bond donors (Lipinski definition) is 2. The molecule has 0 saturated heterocycles. The highest BCUT2D eigenvalue weighted by Crippen LogP contribution is 2.05. The second-order valence-electron chi connectivity index (χ2n) is 3.26. The van der Waals surface area contributed by atoms with Gasteiger partial charge in [-0.1, -0.05) is 12.1 Å². The van der Waals surface area contributed by atoms with Crippen molar-refractivity contribution in [2.45, 2.75) is 6.42 Å². The van der Waals surface area contributed by atoms with Crippen molar-refractivity contribution in [3.05, 3.63) is 56.5 Å². The zero-order chi connectivity index (χ0) is 11.5. The average Bonchev–Trinajstić information content (AvgIpc) is 2.25. The van der Waals surface area contributed by atoms with Crippen LogP contribution in [0, 0.1) is 10.6 Å². The first-order chi connectivity index (χ1) is 7.65. The van der Waals surface area contributed by atoms with Gasteiger partial charge in [0.15, 0.2) is 4.77 Å². The highest BCUT2D eigenvalue weighted by atomic mass is 32.1. The van der Waals surface area contributed by atoms with Gasteiger partial charge in [0, 0.05) is 6.42 Å². The van der Waals surface area contributed by atoms with Crippen molar-refractivity contribution in [1.29, 1.82) is 0 Å². The molecule has 0 aliphatic heterocycles. The monoisotopic (exact) mass is 237 g/mol. The third kappa shape index (κ3) is 2.40. The van der Waals surface area contributed by atoms with Gasteiger partial charge in [0.05, 0.1) is 0 Å². The topological polar surface area (TPSA) is 61.5 Å². The van der Waals surface area contributed by atoms with E-state index >= 15 is 0 Å². The molecule has 0 atom stereocenters. The van der Waals surface area contributed by atoms with Crippen LogP contribution in [0.4, 0.5) is 4.39 Å². The van der Waals surface area contributed by atoms with E-state index in [1.54, 1.807) is 12.1 Å². The van der Waals surface area contributed by atoms with Crippen LogP contribution in [0.1, 0.15) is 11.3 Å². The fourth-order valence-corrected chi connectivity index (χ4v) is 1.43. The molecule has 4 nitrogen and oxygen atoms in total. The second-order valence-corrected chi connectivity index (χ2v) is 3.67. The van der Waals surface area contributed by atoms with Gasteiger partial charge < -0.3 is 0 Å². The molecule has 82 valence electrons. The first-order valence-electron chi connectivity index (χ1n) is 4.57. The fourth-order valence-electron chi connectivity index (χ4n) is 1.29. The van der Waals surface area contributed by atoms with Gasteiger partial charge in [-0.3, -0.25) is 14.9 Å². The van der Waals surface area contributed by atoms with E-state index in [0.29, 0.717) is 12.1 Å². The Morgan fingerprint density at radius 3 is 2.62 bits per heavy atom. The van der Waals surface area contributed by atoms with E-state index in [1.165, 1.54) is 12.1 Å². The molecule has 1 aromatic heterocycles. The molecule has 2 N–H and O–H groups in total. The van der Waals surface area contributed by atoms with Gasteiger partial charge in [-0.25, -0.2) is 4.39 Å². The molecular formula is C10H8FN3OS. The Bertz CT molecular complexity index is 602. The Kier molecular flexibility index (Phi) is 2.91. The smallest absolute Gasteiger partial charge is 0.273 e. The first-order valence-corrected chi connectivity index (χ1v) is 4.98. The molecule has 0 bridgehead atoms. The average molecular weight is 237 g/mol. The molecule has 6 heteroatoms. The fraction of sp³-hybridized carbons (Fsp3) is 0.100. The Balaban J connectivity index is 2.30. The van der Waals surface area contributed by atoms with Gasteiger partial charge in [0.2, 0.25) is 0 Å². The van der Waals surface area contributed by atoms with Crippen molar-refractivity contribution in [1.82, 2.24) is 15.2 Å². The van der Waals surface area contributed by atoms with Crippen molar-refractivity contribution in [2.75, 3.05) is 0 Å². The number of nitrogens with one attached hydrogen (secondary N) is 2. The zero-order valence-corrected chi connectivity index (χ0v) is 8.97. The van der Waals surface area contributed by atoms with Crippen LogP contribution in [0.15, 0.2) is 29.1 Å². The number of aromatic nitrogens is 3. The van der Waals surface area contributed by atoms with Crippen LogP contribution in [0.3, 0.4) is 0 Å². The third-order valence-corrected chi connectivity index (χ3v) is 2.26. The van der Waals surface area contributed by atoms with E-state index < -0.39 is 0 Å². The van der Waals surface area contributed by atoms with Crippen molar-refractivity contribution in [3.63, 3.8) is 0 Å². The molecule has 0 unspecified atom stereocenters. The molecule has 0 amide bonds. The number of hydrogen-bond acceptors (Lipinski definition) is 3. The summed E-state index contributed by atoms with van der Waals surface area (Å²) in [6.07, 6.45) is 0.335. The van der Waals surface area contributed by atoms with Crippen LogP contribution in [0.25, 0.3) is 0 Å². The molecule has 2 aromatic rings. The summed E-state index contributed by atoms with van der Waals surface area (Å²) in [7, 11) is 0. The van der Waals surface area contributed by atoms with Gasteiger partial charge in [-0.15, -0.1) is 0 Å². The summed E-state index contributed by atoms with van der Waals surface area (Å²) in [6.45, 7) is 0. The third-order valence-electron chi connectivity index (χ3n) is 2.07. The van der Waals surface area contributed by atoms with Crippen LogP contribution < -0.4 is 5.56 Å². The molecule has 0 saturated carbocycles. The number of benzene rings is 1. The maximum atomic E-state index is 12.7. The summed E-state index contributed by atoms with van der Waals surface area (Å²) in [6, 6.07) is 5.90. The minimum absolute atomic E-state index is 0.188. The minimum atomic E-state index is -0.326. The van der Waals surface area contributed by atoms with Crippen molar-refractivity contribution in [3.8, 4) is 0 Å². The lowest BCUT2D eigenvalue weighted by Gasteiger charge is -1.99. The lowest BCUT2D eigenvalue weighted by atomic mass is 10.1. The van der Waals surface area contributed by atoms with Gasteiger partial charge >= 0.3 is 0 Å². The number of nitrogens with zero attached hydrogens (tertiary/aromatic N) is 1. The second kappa shape index (κ2) is 4.36. The number of H-pyrrole nitrogens is 2. The van der Waals surface area contributed by atoms with E-state index in [0.717, 1.165) is 5.56 Å². The summed E-state index contributed by atoms with van der Waals surface area (Å²) in [4.78, 5) is 13.9. The van der Waals surface area contributed by atoms with Gasteiger partial charge in [-0.2, -0.15) is 5.10 Å². The Morgan fingerprint density at radius 1 is 1.31 bits per heavy atom. The Labute approximate surface area is 95.2 Å². The summed E-state index contributed by atoms with van der Waals surface area (Å²) >= 11 is 4.72. The molecule has 1 aromatic carbocycles. The summed E-state index contributed by atoms with van der Waals surface area (Å²) in [5, 5.41) is 6.34. The van der Waals surface area contributed by atoms with Crippen LogP contribution in [-0.2, 0) is 6.42 Å². The highest BCUT2D eigenvalue weighted by molar-refractivity contribution is 7.71. The van der Waals surface area contributed by atoms with E-state index in [9.17, 15) is 9.18 Å². The molecular weight excluding hydrogens is 229 g/mol. The van der Waals surface area contributed by atoms with Gasteiger partial charge in [0.25, 0.3) is 5.56 Å². The molecule has 0 spiro atoms. The maximum Gasteiger partial charge on any atom is 0.273 e. The normalized spacial score (nSPS) is 10.3. The highest BCUT2D eigenvalue weighted by Gasteiger charge is 2.03. The number of rotatable bonds is 2. The van der Waals surface area contributed by atoms with Crippen LogP contribution >= 0.6 is 12.2 Å². The van der Waals surface area contributed by atoms with Gasteiger partial charge in [-0.05, 0) is 29.9 Å². The Hall–Kier alpha value is -1.82. The van der Waals surface area contributed by atoms with Crippen molar-refractivity contribution < 1.29 is 4.39 Å². The molecule has 0 aliphatic carbocycles. The van der Waals surface area contributed by atoms with E-state index in [1.807, 2.05) is 0 Å². The largest absolute Gasteiger partial charge is 0.296 e. The molecule has 0 fully saturated rings. The van der Waals surface area contributed by atoms with E-state index in [4.69, 9.17) is 12.2 Å². The van der Waals surface area contributed by atoms with Crippen molar-refractivity contribution in [2.24, 2.45) is 0 Å².